The Bertz CT molecular complexity index is 2010. The lowest BCUT2D eigenvalue weighted by Gasteiger charge is -2.43. The van der Waals surface area contributed by atoms with Crippen molar-refractivity contribution in [3.8, 4) is 17.0 Å². The summed E-state index contributed by atoms with van der Waals surface area (Å²) in [7, 11) is 1.59. The third-order valence-corrected chi connectivity index (χ3v) is 10.1. The molecule has 0 spiro atoms. The van der Waals surface area contributed by atoms with E-state index in [1.54, 1.807) is 32.7 Å². The molecule has 2 unspecified atom stereocenters. The number of rotatable bonds is 9. The van der Waals surface area contributed by atoms with Crippen LogP contribution in [-0.4, -0.2) is 95.2 Å². The van der Waals surface area contributed by atoms with E-state index in [2.05, 4.69) is 20.2 Å². The van der Waals surface area contributed by atoms with Crippen LogP contribution in [0.4, 0.5) is 40.8 Å². The third kappa shape index (κ3) is 9.90. The molecule has 2 aliphatic rings. The van der Waals surface area contributed by atoms with Crippen LogP contribution in [0.5, 0.6) is 5.75 Å². The number of anilines is 1. The molecular weight excluding hydrogens is 770 g/mol. The van der Waals surface area contributed by atoms with E-state index < -0.39 is 98.3 Å². The maximum absolute atomic E-state index is 15.5. The van der Waals surface area contributed by atoms with Crippen LogP contribution in [0.3, 0.4) is 0 Å². The van der Waals surface area contributed by atoms with Crippen molar-refractivity contribution in [2.45, 2.75) is 71.4 Å². The lowest BCUT2D eigenvalue weighted by molar-refractivity contribution is -0.141. The van der Waals surface area contributed by atoms with E-state index in [4.69, 9.17) is 9.47 Å². The number of carbonyl (C=O) groups is 2. The van der Waals surface area contributed by atoms with Crippen molar-refractivity contribution in [1.82, 2.24) is 19.8 Å². The molecule has 0 radical (unpaired) electrons. The zero-order chi connectivity index (χ0) is 42.0. The summed E-state index contributed by atoms with van der Waals surface area (Å²) >= 11 is 0. The van der Waals surface area contributed by atoms with Crippen molar-refractivity contribution in [1.29, 1.82) is 0 Å². The second kappa shape index (κ2) is 17.0. The van der Waals surface area contributed by atoms with Gasteiger partial charge in [0.05, 0.1) is 36.2 Å². The van der Waals surface area contributed by atoms with Crippen molar-refractivity contribution in [2.75, 3.05) is 51.8 Å². The number of halogens is 8. The smallest absolute Gasteiger partial charge is 0.433 e. The second-order valence-corrected chi connectivity index (χ2v) is 15.1. The van der Waals surface area contributed by atoms with E-state index in [0.29, 0.717) is 51.3 Å². The fourth-order valence-electron chi connectivity index (χ4n) is 7.24. The van der Waals surface area contributed by atoms with Gasteiger partial charge in [0.25, 0.3) is 5.91 Å². The van der Waals surface area contributed by atoms with Crippen molar-refractivity contribution in [3.05, 3.63) is 82.0 Å². The van der Waals surface area contributed by atoms with Gasteiger partial charge in [-0.3, -0.25) is 19.4 Å². The van der Waals surface area contributed by atoms with E-state index in [1.165, 1.54) is 12.1 Å². The van der Waals surface area contributed by atoms with Gasteiger partial charge in [-0.25, -0.2) is 14.4 Å². The first kappa shape index (κ1) is 43.4. The number of aliphatic hydroxyl groups excluding tert-OH is 1. The number of Topliss-reactive ketones (excluding diaryl/α,β-unsaturated/α-hetero) is 1. The van der Waals surface area contributed by atoms with Crippen molar-refractivity contribution in [2.24, 2.45) is 5.41 Å². The molecule has 18 heteroatoms. The molecule has 1 fully saturated rings. The molecular formula is C39H43F8N5O5. The van der Waals surface area contributed by atoms with Gasteiger partial charge in [0.1, 0.15) is 24.3 Å². The lowest BCUT2D eigenvalue weighted by atomic mass is 9.79. The Hall–Kier alpha value is -4.68. The summed E-state index contributed by atoms with van der Waals surface area (Å²) in [6, 6.07) is 2.87. The van der Waals surface area contributed by atoms with E-state index in [-0.39, 0.29) is 37.2 Å². The van der Waals surface area contributed by atoms with E-state index in [1.807, 2.05) is 0 Å². The summed E-state index contributed by atoms with van der Waals surface area (Å²) in [5.41, 5.74) is -6.47. The largest absolute Gasteiger partial charge is 0.510 e. The highest BCUT2D eigenvalue weighted by atomic mass is 19.4. The number of nitrogens with one attached hydrogen (secondary N) is 1. The minimum absolute atomic E-state index is 0.0106. The topological polar surface area (TPSA) is 117 Å². The number of likely N-dealkylation sites (N-methyl/N-ethyl adjacent to an activating group) is 1. The first-order valence-electron chi connectivity index (χ1n) is 18.1. The van der Waals surface area contributed by atoms with Gasteiger partial charge in [0, 0.05) is 43.2 Å². The molecule has 310 valence electrons. The lowest BCUT2D eigenvalue weighted by Crippen LogP contribution is -2.51. The number of aromatic nitrogens is 2. The number of morpholine rings is 1. The van der Waals surface area contributed by atoms with E-state index in [9.17, 15) is 41.0 Å². The number of carbonyl (C=O) groups excluding carboxylic acids is 2. The highest BCUT2D eigenvalue weighted by Crippen LogP contribution is 2.41. The fraction of sp³-hybridized carbons (Fsp3) is 0.487. The Morgan fingerprint density at radius 3 is 2.32 bits per heavy atom. The molecule has 57 heavy (non-hydrogen) atoms. The SMILES string of the molecule is Cc1c(-c2cc(C(F)(F)F)ccc2NC(=O)C2=C(O)C(C(C)(C)C)N(C)C(Cc3ccc(OCCN4CCOCC4)c(F)c3F)CCC2=O)ncnc1C(F)(F)F. The molecule has 3 aromatic rings. The zero-order valence-electron chi connectivity index (χ0n) is 31.9. The Morgan fingerprint density at radius 2 is 1.68 bits per heavy atom. The van der Waals surface area contributed by atoms with Crippen LogP contribution in [0.15, 0.2) is 48.0 Å². The number of nitrogens with zero attached hydrogens (tertiary/aromatic N) is 4. The summed E-state index contributed by atoms with van der Waals surface area (Å²) in [5.74, 6) is -5.37. The van der Waals surface area contributed by atoms with Gasteiger partial charge in [-0.2, -0.15) is 30.7 Å². The first-order chi connectivity index (χ1) is 26.6. The highest BCUT2D eigenvalue weighted by molar-refractivity contribution is 6.24. The average Bonchev–Trinajstić information content (AvgIpc) is 3.11. The molecule has 0 bridgehead atoms. The molecule has 1 amide bonds. The normalized spacial score (nSPS) is 19.4. The molecule has 10 nitrogen and oxygen atoms in total. The zero-order valence-corrected chi connectivity index (χ0v) is 31.9. The van der Waals surface area contributed by atoms with E-state index >= 15 is 8.78 Å². The minimum atomic E-state index is -4.98. The van der Waals surface area contributed by atoms with Crippen LogP contribution in [0.2, 0.25) is 0 Å². The second-order valence-electron chi connectivity index (χ2n) is 15.1. The van der Waals surface area contributed by atoms with Gasteiger partial charge in [0.2, 0.25) is 5.82 Å². The molecule has 1 saturated heterocycles. The van der Waals surface area contributed by atoms with Crippen molar-refractivity contribution < 1.29 is 59.3 Å². The van der Waals surface area contributed by atoms with Gasteiger partial charge in [-0.05, 0) is 62.1 Å². The summed E-state index contributed by atoms with van der Waals surface area (Å²) in [6.07, 6.45) is -9.85. The fourth-order valence-corrected chi connectivity index (χ4v) is 7.24. The standard InChI is InChI=1S/C39H43F8N5O5/c1-21-32(48-20-49-34(21)39(45,46)47)25-19-23(38(42,43)44)7-9-26(25)50-36(55)29-27(53)10-8-24(51(5)35(33(29)54)37(2,3)4)18-22-6-11-28(31(41)30(22)40)57-17-14-52-12-15-56-16-13-52/h6-7,9,11,19-20,24,35,54H,8,10,12-18H2,1-5H3,(H,50,55). The number of alkyl halides is 6. The van der Waals surface area contributed by atoms with Crippen LogP contribution in [-0.2, 0) is 33.1 Å². The predicted molar refractivity (Wildman–Crippen MR) is 192 cm³/mol. The van der Waals surface area contributed by atoms with Gasteiger partial charge >= 0.3 is 12.4 Å². The number of benzene rings is 2. The summed E-state index contributed by atoms with van der Waals surface area (Å²) < 4.78 is 124. The van der Waals surface area contributed by atoms with Crippen LogP contribution < -0.4 is 10.1 Å². The molecule has 2 N–H and O–H groups in total. The Labute approximate surface area is 323 Å². The number of hydrogen-bond donors (Lipinski definition) is 2. The first-order valence-corrected chi connectivity index (χ1v) is 18.1. The van der Waals surface area contributed by atoms with Crippen LogP contribution in [0.25, 0.3) is 11.3 Å². The number of amides is 1. The van der Waals surface area contributed by atoms with Crippen LogP contribution in [0.1, 0.15) is 56.0 Å². The predicted octanol–water partition coefficient (Wildman–Crippen LogP) is 7.55. The van der Waals surface area contributed by atoms with Gasteiger partial charge < -0.3 is 19.9 Å². The van der Waals surface area contributed by atoms with Crippen LogP contribution in [0, 0.1) is 24.0 Å². The number of aliphatic hydroxyl groups is 1. The molecule has 3 heterocycles. The van der Waals surface area contributed by atoms with Crippen LogP contribution >= 0.6 is 0 Å². The minimum Gasteiger partial charge on any atom is -0.510 e. The number of ketones is 1. The Balaban J connectivity index is 1.44. The third-order valence-electron chi connectivity index (χ3n) is 10.1. The molecule has 2 aromatic carbocycles. The van der Waals surface area contributed by atoms with Gasteiger partial charge in [0.15, 0.2) is 23.0 Å². The van der Waals surface area contributed by atoms with Crippen molar-refractivity contribution in [3.63, 3.8) is 0 Å². The number of ether oxygens (including phenoxy) is 2. The molecule has 2 aliphatic heterocycles. The highest BCUT2D eigenvalue weighted by Gasteiger charge is 2.42. The Morgan fingerprint density at radius 1 is 1.00 bits per heavy atom. The quantitative estimate of drug-likeness (QED) is 0.167. The molecule has 2 atom stereocenters. The molecule has 1 aromatic heterocycles. The van der Waals surface area contributed by atoms with Gasteiger partial charge in [-0.1, -0.05) is 26.8 Å². The molecule has 5 rings (SSSR count). The Kier molecular flexibility index (Phi) is 13.0. The molecule has 0 aliphatic carbocycles. The van der Waals surface area contributed by atoms with Gasteiger partial charge in [-0.15, -0.1) is 0 Å². The summed E-state index contributed by atoms with van der Waals surface area (Å²) in [5, 5.41) is 14.1. The maximum atomic E-state index is 15.5. The summed E-state index contributed by atoms with van der Waals surface area (Å²) in [6.45, 7) is 9.23. The monoisotopic (exact) mass is 813 g/mol. The maximum Gasteiger partial charge on any atom is 0.433 e. The van der Waals surface area contributed by atoms with E-state index in [0.717, 1.165) is 13.0 Å². The average molecular weight is 814 g/mol. The number of hydrogen-bond acceptors (Lipinski definition) is 9. The summed E-state index contributed by atoms with van der Waals surface area (Å²) in [4.78, 5) is 38.5. The van der Waals surface area contributed by atoms with Crippen molar-refractivity contribution >= 4 is 17.4 Å². The molecule has 0 saturated carbocycles.